The molecule has 0 bridgehead atoms. The molecular weight excluding hydrogens is 244 g/mol. The second kappa shape index (κ2) is 12.9. The van der Waals surface area contributed by atoms with Gasteiger partial charge in [0, 0.05) is 0 Å². The molecule has 0 radical (unpaired) electrons. The van der Waals surface area contributed by atoms with E-state index in [0.29, 0.717) is 13.2 Å². The number of allylic oxidation sites excluding steroid dienone is 4. The summed E-state index contributed by atoms with van der Waals surface area (Å²) in [6.45, 7) is 4.58. The molecule has 0 atom stereocenters. The van der Waals surface area contributed by atoms with Gasteiger partial charge in [0.15, 0.2) is 0 Å². The molecule has 0 unspecified atom stereocenters. The molecule has 0 aromatic heterocycles. The van der Waals surface area contributed by atoms with Crippen molar-refractivity contribution in [1.29, 1.82) is 0 Å². The van der Waals surface area contributed by atoms with Gasteiger partial charge in [-0.25, -0.2) is 0 Å². The number of carbonyl (C=O) groups is 2. The Labute approximate surface area is 115 Å². The molecule has 0 fully saturated rings. The Morgan fingerprint density at radius 3 is 1.63 bits per heavy atom. The third-order valence-corrected chi connectivity index (χ3v) is 2.32. The fourth-order valence-corrected chi connectivity index (χ4v) is 1.33. The molecule has 0 spiro atoms. The molecule has 0 heterocycles. The zero-order valence-electron chi connectivity index (χ0n) is 11.9. The highest BCUT2D eigenvalue weighted by Gasteiger charge is 2.11. The normalized spacial score (nSPS) is 11.1. The van der Waals surface area contributed by atoms with Crippen LogP contribution in [0.1, 0.15) is 46.0 Å². The van der Waals surface area contributed by atoms with Gasteiger partial charge >= 0.3 is 11.9 Å². The van der Waals surface area contributed by atoms with Crippen LogP contribution in [0.2, 0.25) is 0 Å². The van der Waals surface area contributed by atoms with Crippen molar-refractivity contribution in [2.45, 2.75) is 46.0 Å². The van der Waals surface area contributed by atoms with Gasteiger partial charge in [-0.1, -0.05) is 24.3 Å². The maximum Gasteiger partial charge on any atom is 0.317 e. The Morgan fingerprint density at radius 1 is 0.842 bits per heavy atom. The minimum atomic E-state index is -0.515. The van der Waals surface area contributed by atoms with E-state index in [2.05, 4.69) is 0 Å². The Morgan fingerprint density at radius 2 is 1.26 bits per heavy atom. The highest BCUT2D eigenvalue weighted by atomic mass is 16.6. The van der Waals surface area contributed by atoms with Gasteiger partial charge in [-0.15, -0.1) is 0 Å². The summed E-state index contributed by atoms with van der Waals surface area (Å²) in [7, 11) is 0. The summed E-state index contributed by atoms with van der Waals surface area (Å²) in [6, 6.07) is 0. The van der Waals surface area contributed by atoms with Crippen LogP contribution in [0.4, 0.5) is 0 Å². The van der Waals surface area contributed by atoms with E-state index in [9.17, 15) is 9.59 Å². The quantitative estimate of drug-likeness (QED) is 0.264. The average Bonchev–Trinajstić information content (AvgIpc) is 2.38. The van der Waals surface area contributed by atoms with Crippen molar-refractivity contribution in [1.82, 2.24) is 0 Å². The molecule has 0 aliphatic carbocycles. The van der Waals surface area contributed by atoms with E-state index in [1.165, 1.54) is 0 Å². The van der Waals surface area contributed by atoms with Gasteiger partial charge in [0.25, 0.3) is 0 Å². The largest absolute Gasteiger partial charge is 0.465 e. The van der Waals surface area contributed by atoms with Gasteiger partial charge < -0.3 is 9.47 Å². The fraction of sp³-hybridized carbons (Fsp3) is 0.600. The van der Waals surface area contributed by atoms with Crippen LogP contribution >= 0.6 is 0 Å². The molecular formula is C15H24O4. The lowest BCUT2D eigenvalue weighted by Gasteiger charge is -2.04. The van der Waals surface area contributed by atoms with Crippen LogP contribution in [0.5, 0.6) is 0 Å². The summed E-state index contributed by atoms with van der Waals surface area (Å²) in [5, 5.41) is 0. The lowest BCUT2D eigenvalue weighted by molar-refractivity contribution is -0.154. The zero-order valence-corrected chi connectivity index (χ0v) is 11.9. The first-order valence-corrected chi connectivity index (χ1v) is 6.74. The lowest BCUT2D eigenvalue weighted by Crippen LogP contribution is -2.14. The Kier molecular flexibility index (Phi) is 11.8. The van der Waals surface area contributed by atoms with Crippen molar-refractivity contribution in [2.75, 3.05) is 13.2 Å². The molecule has 0 N–H and O–H groups in total. The van der Waals surface area contributed by atoms with Crippen molar-refractivity contribution in [3.63, 3.8) is 0 Å². The smallest absolute Gasteiger partial charge is 0.317 e. The number of carbonyl (C=O) groups excluding carboxylic acids is 2. The minimum Gasteiger partial charge on any atom is -0.465 e. The van der Waals surface area contributed by atoms with Gasteiger partial charge in [-0.3, -0.25) is 9.59 Å². The standard InChI is InChI=1S/C15H24O4/c1-3-5-7-9-11-18-14(16)13-15(17)19-12-10-8-6-4-2/h3-6H,7-13H2,1-2H3. The van der Waals surface area contributed by atoms with Gasteiger partial charge in [0.1, 0.15) is 6.42 Å². The third kappa shape index (κ3) is 12.7. The van der Waals surface area contributed by atoms with Crippen molar-refractivity contribution < 1.29 is 19.1 Å². The van der Waals surface area contributed by atoms with E-state index in [-0.39, 0.29) is 6.42 Å². The van der Waals surface area contributed by atoms with E-state index >= 15 is 0 Å². The summed E-state index contributed by atoms with van der Waals surface area (Å²) >= 11 is 0. The van der Waals surface area contributed by atoms with Gasteiger partial charge in [-0.2, -0.15) is 0 Å². The highest BCUT2D eigenvalue weighted by molar-refractivity contribution is 5.91. The van der Waals surface area contributed by atoms with Crippen LogP contribution in [-0.4, -0.2) is 25.2 Å². The van der Waals surface area contributed by atoms with Crippen LogP contribution in [0, 0.1) is 0 Å². The van der Waals surface area contributed by atoms with Gasteiger partial charge in [0.05, 0.1) is 13.2 Å². The number of hydrogen-bond donors (Lipinski definition) is 0. The SMILES string of the molecule is CC=CCCCOC(=O)CC(=O)OCCCC=CC. The lowest BCUT2D eigenvalue weighted by atomic mass is 10.3. The number of rotatable bonds is 10. The molecule has 0 aromatic carbocycles. The number of ether oxygens (including phenoxy) is 2. The number of esters is 2. The van der Waals surface area contributed by atoms with E-state index in [4.69, 9.17) is 9.47 Å². The second-order valence-corrected chi connectivity index (χ2v) is 4.04. The Balaban J connectivity index is 3.50. The summed E-state index contributed by atoms with van der Waals surface area (Å²) in [5.74, 6) is -1.03. The predicted molar refractivity (Wildman–Crippen MR) is 74.6 cm³/mol. The number of unbranched alkanes of at least 4 members (excludes halogenated alkanes) is 2. The van der Waals surface area contributed by atoms with Crippen molar-refractivity contribution in [3.05, 3.63) is 24.3 Å². The van der Waals surface area contributed by atoms with Crippen LogP contribution in [0.3, 0.4) is 0 Å². The maximum atomic E-state index is 11.3. The second-order valence-electron chi connectivity index (χ2n) is 4.04. The van der Waals surface area contributed by atoms with Crippen molar-refractivity contribution >= 4 is 11.9 Å². The van der Waals surface area contributed by atoms with E-state index in [0.717, 1.165) is 25.7 Å². The molecule has 0 rings (SSSR count). The molecule has 108 valence electrons. The summed E-state index contributed by atoms with van der Waals surface area (Å²) < 4.78 is 9.84. The van der Waals surface area contributed by atoms with E-state index < -0.39 is 11.9 Å². The fourth-order valence-electron chi connectivity index (χ4n) is 1.33. The molecule has 0 amide bonds. The molecule has 4 heteroatoms. The highest BCUT2D eigenvalue weighted by Crippen LogP contribution is 1.98. The minimum absolute atomic E-state index is 0.298. The zero-order chi connectivity index (χ0) is 14.3. The Bertz CT molecular complexity index is 275. The monoisotopic (exact) mass is 268 g/mol. The summed E-state index contributed by atoms with van der Waals surface area (Å²) in [4.78, 5) is 22.5. The summed E-state index contributed by atoms with van der Waals surface area (Å²) in [5.41, 5.74) is 0. The van der Waals surface area contributed by atoms with Crippen LogP contribution in [-0.2, 0) is 19.1 Å². The molecule has 4 nitrogen and oxygen atoms in total. The van der Waals surface area contributed by atoms with Crippen molar-refractivity contribution in [2.24, 2.45) is 0 Å². The molecule has 19 heavy (non-hydrogen) atoms. The molecule has 0 aliphatic heterocycles. The maximum absolute atomic E-state index is 11.3. The molecule has 0 saturated carbocycles. The van der Waals surface area contributed by atoms with Crippen LogP contribution in [0.25, 0.3) is 0 Å². The summed E-state index contributed by atoms with van der Waals surface area (Å²) in [6.07, 6.45) is 10.9. The first kappa shape index (κ1) is 17.4. The Hall–Kier alpha value is -1.58. The number of hydrogen-bond acceptors (Lipinski definition) is 4. The topological polar surface area (TPSA) is 52.6 Å². The average molecular weight is 268 g/mol. The van der Waals surface area contributed by atoms with Gasteiger partial charge in [0.2, 0.25) is 0 Å². The first-order valence-electron chi connectivity index (χ1n) is 6.74. The van der Waals surface area contributed by atoms with E-state index in [1.807, 2.05) is 38.2 Å². The van der Waals surface area contributed by atoms with Crippen molar-refractivity contribution in [3.8, 4) is 0 Å². The first-order chi connectivity index (χ1) is 9.20. The van der Waals surface area contributed by atoms with Gasteiger partial charge in [-0.05, 0) is 39.5 Å². The molecule has 0 aromatic rings. The third-order valence-electron chi connectivity index (χ3n) is 2.32. The van der Waals surface area contributed by atoms with E-state index in [1.54, 1.807) is 0 Å². The van der Waals surface area contributed by atoms with Crippen LogP contribution < -0.4 is 0 Å². The molecule has 0 saturated heterocycles. The van der Waals surface area contributed by atoms with Crippen LogP contribution in [0.15, 0.2) is 24.3 Å². The molecule has 0 aliphatic rings. The predicted octanol–water partition coefficient (Wildman–Crippen LogP) is 3.18.